The molecular weight excluding hydrogens is 489 g/mol. The van der Waals surface area contributed by atoms with Crippen LogP contribution in [0.4, 0.5) is 10.6 Å². The number of carboxylic acid groups (broad SMARTS) is 1. The zero-order valence-corrected chi connectivity index (χ0v) is 16.0. The molecule has 0 spiro atoms. The summed E-state index contributed by atoms with van der Waals surface area (Å²) in [5.74, 6) is 0.409. The average Bonchev–Trinajstić information content (AvgIpc) is 2.84. The Kier molecular flexibility index (Phi) is 4.90. The van der Waals surface area contributed by atoms with Crippen molar-refractivity contribution in [2.24, 2.45) is 0 Å². The summed E-state index contributed by atoms with van der Waals surface area (Å²) in [6.45, 7) is 0.380. The molecule has 0 aliphatic rings. The molecule has 9 heteroatoms. The molecule has 3 rings (SSSR count). The summed E-state index contributed by atoms with van der Waals surface area (Å²) in [4.78, 5) is 19.5. The lowest BCUT2D eigenvalue weighted by molar-refractivity contribution is 0.188. The van der Waals surface area contributed by atoms with Gasteiger partial charge in [0, 0.05) is 20.8 Å². The van der Waals surface area contributed by atoms with Crippen LogP contribution >= 0.6 is 38.5 Å². The molecule has 0 saturated carbocycles. The molecule has 1 amide bonds. The minimum atomic E-state index is -1.09. The molecule has 1 atom stereocenters. The number of nitrogens with two attached hydrogens (primary N) is 1. The molecule has 1 unspecified atom stereocenters. The Labute approximate surface area is 159 Å². The zero-order valence-electron chi connectivity index (χ0n) is 12.3. The van der Waals surface area contributed by atoms with Crippen molar-refractivity contribution in [2.75, 3.05) is 5.73 Å². The molecule has 2 aromatic heterocycles. The number of nitrogens with one attached hydrogen (secondary N) is 1. The lowest BCUT2D eigenvalue weighted by Crippen LogP contribution is -2.30. The molecule has 7 nitrogen and oxygen atoms in total. The molecule has 0 saturated heterocycles. The SMILES string of the molecule is Nc1ncnc2c1c(I)cn2CC(NC(=O)O)c1ccccc1Br. The number of anilines is 1. The van der Waals surface area contributed by atoms with Gasteiger partial charge in [-0.3, -0.25) is 0 Å². The van der Waals surface area contributed by atoms with E-state index in [1.807, 2.05) is 35.0 Å². The molecular formula is C15H13BrIN5O2. The Hall–Kier alpha value is -1.88. The van der Waals surface area contributed by atoms with Crippen LogP contribution in [0.1, 0.15) is 11.6 Å². The van der Waals surface area contributed by atoms with Crippen molar-refractivity contribution in [3.05, 3.63) is 50.4 Å². The molecule has 1 aromatic carbocycles. The molecule has 0 radical (unpaired) electrons. The van der Waals surface area contributed by atoms with Gasteiger partial charge in [0.05, 0.1) is 11.4 Å². The van der Waals surface area contributed by atoms with Gasteiger partial charge in [0.15, 0.2) is 0 Å². The molecule has 124 valence electrons. The lowest BCUT2D eigenvalue weighted by Gasteiger charge is -2.20. The number of nitrogens with zero attached hydrogens (tertiary/aromatic N) is 3. The second-order valence-electron chi connectivity index (χ2n) is 5.11. The predicted molar refractivity (Wildman–Crippen MR) is 103 cm³/mol. The van der Waals surface area contributed by atoms with Crippen LogP contribution in [0.3, 0.4) is 0 Å². The maximum Gasteiger partial charge on any atom is 0.405 e. The van der Waals surface area contributed by atoms with Gasteiger partial charge < -0.3 is 20.7 Å². The van der Waals surface area contributed by atoms with E-state index < -0.39 is 12.1 Å². The van der Waals surface area contributed by atoms with E-state index in [0.717, 1.165) is 19.0 Å². The van der Waals surface area contributed by atoms with Crippen LogP contribution in [0.15, 0.2) is 41.3 Å². The second-order valence-corrected chi connectivity index (χ2v) is 7.13. The Morgan fingerprint density at radius 1 is 1.42 bits per heavy atom. The molecule has 0 fully saturated rings. The van der Waals surface area contributed by atoms with E-state index in [4.69, 9.17) is 5.73 Å². The largest absolute Gasteiger partial charge is 0.465 e. The highest BCUT2D eigenvalue weighted by molar-refractivity contribution is 14.1. The number of aromatic nitrogens is 3. The monoisotopic (exact) mass is 501 g/mol. The van der Waals surface area contributed by atoms with E-state index in [-0.39, 0.29) is 0 Å². The Balaban J connectivity index is 2.04. The minimum absolute atomic E-state index is 0.380. The molecule has 4 N–H and O–H groups in total. The maximum absolute atomic E-state index is 11.2. The van der Waals surface area contributed by atoms with Gasteiger partial charge in [0.2, 0.25) is 0 Å². The van der Waals surface area contributed by atoms with Gasteiger partial charge >= 0.3 is 6.09 Å². The highest BCUT2D eigenvalue weighted by Gasteiger charge is 2.20. The average molecular weight is 502 g/mol. The Bertz CT molecular complexity index is 914. The summed E-state index contributed by atoms with van der Waals surface area (Å²) >= 11 is 5.65. The van der Waals surface area contributed by atoms with Crippen molar-refractivity contribution < 1.29 is 9.90 Å². The molecule has 0 aliphatic heterocycles. The summed E-state index contributed by atoms with van der Waals surface area (Å²) in [5.41, 5.74) is 7.45. The first-order chi connectivity index (χ1) is 11.5. The van der Waals surface area contributed by atoms with Crippen molar-refractivity contribution in [1.29, 1.82) is 0 Å². The van der Waals surface area contributed by atoms with Crippen LogP contribution in [0, 0.1) is 3.57 Å². The quantitative estimate of drug-likeness (QED) is 0.475. The normalized spacial score (nSPS) is 12.2. The first-order valence-corrected chi connectivity index (χ1v) is 8.83. The smallest absolute Gasteiger partial charge is 0.405 e. The van der Waals surface area contributed by atoms with Crippen molar-refractivity contribution in [1.82, 2.24) is 19.9 Å². The van der Waals surface area contributed by atoms with Crippen molar-refractivity contribution in [3.8, 4) is 0 Å². The number of amides is 1. The van der Waals surface area contributed by atoms with Crippen LogP contribution in [-0.4, -0.2) is 25.7 Å². The molecule has 24 heavy (non-hydrogen) atoms. The molecule has 0 bridgehead atoms. The first kappa shape index (κ1) is 17.0. The van der Waals surface area contributed by atoms with E-state index in [0.29, 0.717) is 18.0 Å². The third-order valence-electron chi connectivity index (χ3n) is 3.59. The fourth-order valence-electron chi connectivity index (χ4n) is 2.56. The standard InChI is InChI=1S/C15H13BrIN5O2/c16-9-4-2-1-3-8(9)11(21-15(23)24)6-22-5-10(17)12-13(18)19-7-20-14(12)22/h1-5,7,11,21H,6H2,(H,23,24)(H2,18,19,20). The third-order valence-corrected chi connectivity index (χ3v) is 5.13. The number of fused-ring (bicyclic) bond motifs is 1. The van der Waals surface area contributed by atoms with Crippen LogP contribution in [-0.2, 0) is 6.54 Å². The van der Waals surface area contributed by atoms with Gasteiger partial charge in [-0.1, -0.05) is 34.1 Å². The third kappa shape index (κ3) is 3.31. The van der Waals surface area contributed by atoms with E-state index in [1.165, 1.54) is 6.33 Å². The van der Waals surface area contributed by atoms with E-state index in [1.54, 1.807) is 0 Å². The maximum atomic E-state index is 11.2. The first-order valence-electron chi connectivity index (χ1n) is 6.96. The minimum Gasteiger partial charge on any atom is -0.465 e. The summed E-state index contributed by atoms with van der Waals surface area (Å²) in [5, 5.41) is 12.5. The summed E-state index contributed by atoms with van der Waals surface area (Å²) in [7, 11) is 0. The number of carbonyl (C=O) groups is 1. The highest BCUT2D eigenvalue weighted by Crippen LogP contribution is 2.29. The van der Waals surface area contributed by atoms with Crippen molar-refractivity contribution >= 4 is 61.5 Å². The highest BCUT2D eigenvalue weighted by atomic mass is 127. The summed E-state index contributed by atoms with van der Waals surface area (Å²) in [6, 6.07) is 7.07. The number of nitrogen functional groups attached to an aromatic ring is 1. The van der Waals surface area contributed by atoms with E-state index >= 15 is 0 Å². The number of rotatable bonds is 4. The molecule has 2 heterocycles. The Morgan fingerprint density at radius 2 is 2.17 bits per heavy atom. The summed E-state index contributed by atoms with van der Waals surface area (Å²) in [6.07, 6.45) is 2.21. The van der Waals surface area contributed by atoms with Crippen LogP contribution in [0.25, 0.3) is 11.0 Å². The van der Waals surface area contributed by atoms with Gasteiger partial charge in [-0.05, 0) is 34.2 Å². The topological polar surface area (TPSA) is 106 Å². The number of hydrogen-bond acceptors (Lipinski definition) is 4. The Morgan fingerprint density at radius 3 is 2.88 bits per heavy atom. The molecule has 0 aliphatic carbocycles. The fraction of sp³-hybridized carbons (Fsp3) is 0.133. The second kappa shape index (κ2) is 6.93. The van der Waals surface area contributed by atoms with Gasteiger partial charge in [-0.25, -0.2) is 14.8 Å². The van der Waals surface area contributed by atoms with Crippen LogP contribution < -0.4 is 11.1 Å². The number of hydrogen-bond donors (Lipinski definition) is 3. The predicted octanol–water partition coefficient (Wildman–Crippen LogP) is 3.39. The number of halogens is 2. The van der Waals surface area contributed by atoms with Gasteiger partial charge in [0.1, 0.15) is 17.8 Å². The number of benzene rings is 1. The zero-order chi connectivity index (χ0) is 17.3. The molecule has 3 aromatic rings. The lowest BCUT2D eigenvalue weighted by atomic mass is 10.1. The van der Waals surface area contributed by atoms with Gasteiger partial charge in [-0.15, -0.1) is 0 Å². The van der Waals surface area contributed by atoms with Crippen molar-refractivity contribution in [3.63, 3.8) is 0 Å². The van der Waals surface area contributed by atoms with Crippen LogP contribution in [0.5, 0.6) is 0 Å². The van der Waals surface area contributed by atoms with Gasteiger partial charge in [0.25, 0.3) is 0 Å². The van der Waals surface area contributed by atoms with E-state index in [9.17, 15) is 9.90 Å². The fourth-order valence-corrected chi connectivity index (χ4v) is 3.98. The van der Waals surface area contributed by atoms with Crippen LogP contribution in [0.2, 0.25) is 0 Å². The van der Waals surface area contributed by atoms with E-state index in [2.05, 4.69) is 53.8 Å². The summed E-state index contributed by atoms with van der Waals surface area (Å²) < 4.78 is 3.64. The van der Waals surface area contributed by atoms with Crippen molar-refractivity contribution in [2.45, 2.75) is 12.6 Å². The van der Waals surface area contributed by atoms with Gasteiger partial charge in [-0.2, -0.15) is 0 Å².